The molecule has 2 heterocycles. The first-order valence-corrected chi connectivity index (χ1v) is 13.1. The number of primary amides is 1. The summed E-state index contributed by atoms with van der Waals surface area (Å²) in [5.41, 5.74) is 6.68. The Kier molecular flexibility index (Phi) is 6.96. The van der Waals surface area contributed by atoms with Crippen LogP contribution in [0.25, 0.3) is 16.5 Å². The minimum Gasteiger partial charge on any atom is -0.388 e. The molecule has 0 saturated heterocycles. The predicted molar refractivity (Wildman–Crippen MR) is 141 cm³/mol. The molecule has 5 N–H and O–H groups in total. The van der Waals surface area contributed by atoms with Gasteiger partial charge in [-0.2, -0.15) is 0 Å². The SMILES string of the molecule is CNc1ccc2c(=O)n(-c3ccc(NC(=O)NS(=O)(=O)c4cc(Cl)c(Cl)s4)cc3)cc(C(N)=O)c2c1. The summed E-state index contributed by atoms with van der Waals surface area (Å²) in [5, 5.41) is 6.12. The zero-order chi connectivity index (χ0) is 26.2. The zero-order valence-corrected chi connectivity index (χ0v) is 21.5. The smallest absolute Gasteiger partial charge is 0.333 e. The summed E-state index contributed by atoms with van der Waals surface area (Å²) >= 11 is 12.3. The summed E-state index contributed by atoms with van der Waals surface area (Å²) in [6.45, 7) is 0. The molecule has 0 fully saturated rings. The highest BCUT2D eigenvalue weighted by atomic mass is 35.5. The third-order valence-corrected chi connectivity index (χ3v) is 8.76. The Bertz CT molecular complexity index is 1660. The standard InChI is InChI=1S/C22H17Cl2N5O5S2/c1-26-12-4-7-14-15(8-12)16(20(25)30)10-29(21(14)31)13-5-2-11(3-6-13)27-22(32)28-36(33,34)18-9-17(23)19(24)35-18/h2-10,26H,1H3,(H2,25,30)(H2,27,28,32). The van der Waals surface area contributed by atoms with Gasteiger partial charge >= 0.3 is 6.03 Å². The van der Waals surface area contributed by atoms with Crippen LogP contribution in [-0.4, -0.2) is 32.0 Å². The maximum absolute atomic E-state index is 13.1. The molecular weight excluding hydrogens is 549 g/mol. The number of benzene rings is 2. The minimum absolute atomic E-state index is 0.0592. The lowest BCUT2D eigenvalue weighted by atomic mass is 10.1. The van der Waals surface area contributed by atoms with Crippen molar-refractivity contribution in [2.45, 2.75) is 4.21 Å². The average molecular weight is 566 g/mol. The van der Waals surface area contributed by atoms with E-state index in [1.165, 1.54) is 35.0 Å². The average Bonchev–Trinajstić information content (AvgIpc) is 3.18. The molecule has 36 heavy (non-hydrogen) atoms. The second-order valence-electron chi connectivity index (χ2n) is 7.39. The first-order chi connectivity index (χ1) is 17.0. The molecule has 10 nitrogen and oxygen atoms in total. The molecule has 4 aromatic rings. The van der Waals surface area contributed by atoms with E-state index in [0.29, 0.717) is 33.5 Å². The van der Waals surface area contributed by atoms with Crippen LogP contribution >= 0.6 is 34.5 Å². The number of carbonyl (C=O) groups excluding carboxylic acids is 2. The first-order valence-electron chi connectivity index (χ1n) is 10.1. The summed E-state index contributed by atoms with van der Waals surface area (Å²) in [6, 6.07) is 11.1. The molecule has 186 valence electrons. The van der Waals surface area contributed by atoms with Gasteiger partial charge in [0, 0.05) is 41.1 Å². The van der Waals surface area contributed by atoms with Crippen molar-refractivity contribution in [2.75, 3.05) is 17.7 Å². The quantitative estimate of drug-likeness (QED) is 0.277. The number of nitrogens with zero attached hydrogens (tertiary/aromatic N) is 1. The van der Waals surface area contributed by atoms with Gasteiger partial charge in [-0.25, -0.2) is 17.9 Å². The van der Waals surface area contributed by atoms with Gasteiger partial charge < -0.3 is 16.4 Å². The van der Waals surface area contributed by atoms with Crippen LogP contribution in [0.15, 0.2) is 63.7 Å². The normalized spacial score (nSPS) is 11.3. The van der Waals surface area contributed by atoms with Gasteiger partial charge in [-0.05, 0) is 48.5 Å². The number of anilines is 2. The van der Waals surface area contributed by atoms with E-state index >= 15 is 0 Å². The molecule has 3 amide bonds. The van der Waals surface area contributed by atoms with E-state index in [1.54, 1.807) is 25.2 Å². The maximum Gasteiger partial charge on any atom is 0.333 e. The molecule has 0 bridgehead atoms. The second kappa shape index (κ2) is 9.82. The predicted octanol–water partition coefficient (Wildman–Crippen LogP) is 4.01. The number of pyridine rings is 1. The lowest BCUT2D eigenvalue weighted by Crippen LogP contribution is -2.33. The molecule has 0 atom stereocenters. The van der Waals surface area contributed by atoms with Gasteiger partial charge in [-0.3, -0.25) is 14.2 Å². The number of halogens is 2. The monoisotopic (exact) mass is 565 g/mol. The molecule has 2 aromatic carbocycles. The fourth-order valence-electron chi connectivity index (χ4n) is 3.38. The maximum atomic E-state index is 13.1. The molecular formula is C22H17Cl2N5O5S2. The van der Waals surface area contributed by atoms with Crippen LogP contribution in [0.5, 0.6) is 0 Å². The summed E-state index contributed by atoms with van der Waals surface area (Å²) < 4.78 is 27.7. The molecule has 0 radical (unpaired) electrons. The zero-order valence-electron chi connectivity index (χ0n) is 18.3. The number of fused-ring (bicyclic) bond motifs is 1. The number of rotatable bonds is 6. The Morgan fingerprint density at radius 1 is 1.00 bits per heavy atom. The highest BCUT2D eigenvalue weighted by Gasteiger charge is 2.22. The van der Waals surface area contributed by atoms with Gasteiger partial charge in [0.25, 0.3) is 21.5 Å². The number of thiophene rings is 1. The van der Waals surface area contributed by atoms with Crippen molar-refractivity contribution in [2.24, 2.45) is 5.73 Å². The van der Waals surface area contributed by atoms with Crippen molar-refractivity contribution in [3.8, 4) is 5.69 Å². The van der Waals surface area contributed by atoms with Gasteiger partial charge in [0.1, 0.15) is 8.55 Å². The summed E-state index contributed by atoms with van der Waals surface area (Å²) in [4.78, 5) is 37.4. The summed E-state index contributed by atoms with van der Waals surface area (Å²) in [6.07, 6.45) is 1.35. The largest absolute Gasteiger partial charge is 0.388 e. The van der Waals surface area contributed by atoms with E-state index in [9.17, 15) is 22.8 Å². The Balaban J connectivity index is 1.60. The van der Waals surface area contributed by atoms with Crippen LogP contribution in [0.2, 0.25) is 9.36 Å². The highest BCUT2D eigenvalue weighted by molar-refractivity contribution is 7.92. The van der Waals surface area contributed by atoms with Gasteiger partial charge in [0.2, 0.25) is 0 Å². The molecule has 14 heteroatoms. The highest BCUT2D eigenvalue weighted by Crippen LogP contribution is 2.34. The number of urea groups is 1. The van der Waals surface area contributed by atoms with E-state index in [0.717, 1.165) is 6.07 Å². The Morgan fingerprint density at radius 3 is 2.25 bits per heavy atom. The lowest BCUT2D eigenvalue weighted by molar-refractivity contribution is 0.100. The number of amides is 3. The van der Waals surface area contributed by atoms with E-state index in [4.69, 9.17) is 28.9 Å². The topological polar surface area (TPSA) is 152 Å². The fraction of sp³-hybridized carbons (Fsp3) is 0.0455. The second-order valence-corrected chi connectivity index (χ2v) is 11.4. The summed E-state index contributed by atoms with van der Waals surface area (Å²) in [5.74, 6) is -0.702. The van der Waals surface area contributed by atoms with Crippen molar-refractivity contribution < 1.29 is 18.0 Å². The van der Waals surface area contributed by atoms with E-state index in [-0.39, 0.29) is 30.4 Å². The molecule has 4 rings (SSSR count). The number of aromatic nitrogens is 1. The van der Waals surface area contributed by atoms with E-state index in [1.807, 2.05) is 4.72 Å². The molecule has 0 aliphatic carbocycles. The van der Waals surface area contributed by atoms with Crippen LogP contribution < -0.4 is 26.6 Å². The fourth-order valence-corrected chi connectivity index (χ4v) is 6.17. The number of hydrogen-bond acceptors (Lipinski definition) is 7. The number of nitrogens with two attached hydrogens (primary N) is 1. The number of carbonyl (C=O) groups is 2. The first kappa shape index (κ1) is 25.5. The molecule has 0 aliphatic rings. The van der Waals surface area contributed by atoms with E-state index in [2.05, 4.69) is 10.6 Å². The van der Waals surface area contributed by atoms with Crippen molar-refractivity contribution >= 4 is 78.6 Å². The van der Waals surface area contributed by atoms with Crippen molar-refractivity contribution in [1.29, 1.82) is 0 Å². The van der Waals surface area contributed by atoms with Crippen LogP contribution in [0.1, 0.15) is 10.4 Å². The van der Waals surface area contributed by atoms with Gasteiger partial charge in [0.15, 0.2) is 0 Å². The Hall–Kier alpha value is -3.58. The molecule has 2 aromatic heterocycles. The molecule has 0 aliphatic heterocycles. The van der Waals surface area contributed by atoms with Crippen molar-refractivity contribution in [3.05, 3.63) is 80.0 Å². The molecule has 0 unspecified atom stereocenters. The van der Waals surface area contributed by atoms with Crippen molar-refractivity contribution in [1.82, 2.24) is 9.29 Å². The van der Waals surface area contributed by atoms with Gasteiger partial charge in [-0.1, -0.05) is 23.2 Å². The number of nitrogens with one attached hydrogen (secondary N) is 3. The van der Waals surface area contributed by atoms with E-state index < -0.39 is 22.0 Å². The Morgan fingerprint density at radius 2 is 1.67 bits per heavy atom. The van der Waals surface area contributed by atoms with Gasteiger partial charge in [-0.15, -0.1) is 11.3 Å². The number of sulfonamides is 1. The van der Waals surface area contributed by atoms with Crippen LogP contribution in [0.4, 0.5) is 16.2 Å². The Labute approximate surface area is 218 Å². The van der Waals surface area contributed by atoms with Gasteiger partial charge in [0.05, 0.1) is 10.6 Å². The third-order valence-electron chi connectivity index (χ3n) is 5.09. The van der Waals surface area contributed by atoms with Crippen LogP contribution in [0.3, 0.4) is 0 Å². The molecule has 0 saturated carbocycles. The lowest BCUT2D eigenvalue weighted by Gasteiger charge is -2.13. The van der Waals surface area contributed by atoms with Crippen molar-refractivity contribution in [3.63, 3.8) is 0 Å². The summed E-state index contributed by atoms with van der Waals surface area (Å²) in [7, 11) is -2.47. The van der Waals surface area contributed by atoms with Crippen LogP contribution in [-0.2, 0) is 10.0 Å². The molecule has 0 spiro atoms. The third kappa shape index (κ3) is 5.02. The van der Waals surface area contributed by atoms with Crippen LogP contribution in [0, 0.1) is 0 Å². The minimum atomic E-state index is -4.18. The number of hydrogen-bond donors (Lipinski definition) is 4.